The van der Waals surface area contributed by atoms with E-state index in [1.807, 2.05) is 16.7 Å². The fraction of sp³-hybridized carbons (Fsp3) is 0.438. The van der Waals surface area contributed by atoms with E-state index in [9.17, 15) is 14.9 Å². The molecule has 2 aliphatic heterocycles. The van der Waals surface area contributed by atoms with E-state index in [4.69, 9.17) is 4.74 Å². The SMILES string of the molecule is O=C(C=Cc1ccc([N+](=O)[O-])cc1)N1CCC2(CC1)OCCS2. The molecule has 0 bridgehead atoms. The van der Waals surface area contributed by atoms with Crippen molar-refractivity contribution in [1.82, 2.24) is 4.90 Å². The Morgan fingerprint density at radius 2 is 2.00 bits per heavy atom. The molecule has 122 valence electrons. The molecule has 0 aromatic heterocycles. The summed E-state index contributed by atoms with van der Waals surface area (Å²) < 4.78 is 5.82. The molecule has 2 heterocycles. The van der Waals surface area contributed by atoms with Crippen molar-refractivity contribution >= 4 is 29.4 Å². The third-order valence-corrected chi connectivity index (χ3v) is 5.60. The van der Waals surface area contributed by atoms with Crippen molar-refractivity contribution in [2.45, 2.75) is 17.8 Å². The number of likely N-dealkylation sites (tertiary alicyclic amines) is 1. The first-order valence-electron chi connectivity index (χ1n) is 7.57. The second-order valence-electron chi connectivity index (χ2n) is 5.61. The van der Waals surface area contributed by atoms with Crippen LogP contribution in [0.25, 0.3) is 6.08 Å². The molecule has 2 fully saturated rings. The van der Waals surface area contributed by atoms with Crippen molar-refractivity contribution in [2.75, 3.05) is 25.4 Å². The summed E-state index contributed by atoms with van der Waals surface area (Å²) in [5, 5.41) is 10.6. The number of hydrogen-bond donors (Lipinski definition) is 0. The Morgan fingerprint density at radius 1 is 1.30 bits per heavy atom. The number of nitro groups is 1. The lowest BCUT2D eigenvalue weighted by Gasteiger charge is -2.37. The molecule has 2 saturated heterocycles. The standard InChI is InChI=1S/C16H18N2O4S/c19-15(6-3-13-1-4-14(5-2-13)18(20)21)17-9-7-16(8-10-17)22-11-12-23-16/h1-6H,7-12H2. The quantitative estimate of drug-likeness (QED) is 0.483. The van der Waals surface area contributed by atoms with Crippen LogP contribution in [0.2, 0.25) is 0 Å². The smallest absolute Gasteiger partial charge is 0.269 e. The number of amides is 1. The number of piperidine rings is 1. The zero-order valence-corrected chi connectivity index (χ0v) is 13.5. The van der Waals surface area contributed by atoms with Crippen LogP contribution in [0, 0.1) is 10.1 Å². The van der Waals surface area contributed by atoms with Crippen LogP contribution in [0.3, 0.4) is 0 Å². The Labute approximate surface area is 138 Å². The summed E-state index contributed by atoms with van der Waals surface area (Å²) in [6.07, 6.45) is 4.96. The molecule has 3 rings (SSSR count). The number of thioether (sulfide) groups is 1. The highest BCUT2D eigenvalue weighted by molar-refractivity contribution is 8.00. The fourth-order valence-corrected chi connectivity index (χ4v) is 4.01. The van der Waals surface area contributed by atoms with Gasteiger partial charge < -0.3 is 9.64 Å². The van der Waals surface area contributed by atoms with E-state index in [0.717, 1.165) is 30.8 Å². The van der Waals surface area contributed by atoms with Crippen LogP contribution in [-0.2, 0) is 9.53 Å². The zero-order valence-electron chi connectivity index (χ0n) is 12.6. The van der Waals surface area contributed by atoms with Gasteiger partial charge in [-0.1, -0.05) is 0 Å². The summed E-state index contributed by atoms with van der Waals surface area (Å²) >= 11 is 1.86. The van der Waals surface area contributed by atoms with Crippen LogP contribution in [0.1, 0.15) is 18.4 Å². The number of carbonyl (C=O) groups excluding carboxylic acids is 1. The Balaban J connectivity index is 1.55. The summed E-state index contributed by atoms with van der Waals surface area (Å²) in [6.45, 7) is 2.21. The van der Waals surface area contributed by atoms with Gasteiger partial charge in [0.25, 0.3) is 5.69 Å². The average Bonchev–Trinajstić information content (AvgIpc) is 3.02. The maximum atomic E-state index is 12.2. The van der Waals surface area contributed by atoms with Crippen molar-refractivity contribution in [3.8, 4) is 0 Å². The topological polar surface area (TPSA) is 72.7 Å². The van der Waals surface area contributed by atoms with Gasteiger partial charge in [0.15, 0.2) is 0 Å². The Bertz CT molecular complexity index is 613. The van der Waals surface area contributed by atoms with Gasteiger partial charge in [-0.2, -0.15) is 0 Å². The maximum absolute atomic E-state index is 12.2. The number of benzene rings is 1. The Hall–Kier alpha value is -1.86. The van der Waals surface area contributed by atoms with E-state index in [0.29, 0.717) is 13.1 Å². The van der Waals surface area contributed by atoms with E-state index in [1.165, 1.54) is 18.2 Å². The fourth-order valence-electron chi connectivity index (χ4n) is 2.83. The van der Waals surface area contributed by atoms with Gasteiger partial charge in [0.05, 0.1) is 11.5 Å². The van der Waals surface area contributed by atoms with E-state index in [1.54, 1.807) is 18.2 Å². The van der Waals surface area contributed by atoms with Gasteiger partial charge in [-0.3, -0.25) is 14.9 Å². The molecule has 0 radical (unpaired) electrons. The van der Waals surface area contributed by atoms with Crippen molar-refractivity contribution in [3.05, 3.63) is 46.0 Å². The van der Waals surface area contributed by atoms with E-state index >= 15 is 0 Å². The molecular weight excluding hydrogens is 316 g/mol. The Morgan fingerprint density at radius 3 is 2.57 bits per heavy atom. The van der Waals surface area contributed by atoms with Gasteiger partial charge in [-0.15, -0.1) is 11.8 Å². The van der Waals surface area contributed by atoms with Crippen LogP contribution in [-0.4, -0.2) is 46.1 Å². The van der Waals surface area contributed by atoms with Crippen LogP contribution in [0.15, 0.2) is 30.3 Å². The highest BCUT2D eigenvalue weighted by Gasteiger charge is 2.39. The monoisotopic (exact) mass is 334 g/mol. The summed E-state index contributed by atoms with van der Waals surface area (Å²) in [5.74, 6) is 1.01. The first-order chi connectivity index (χ1) is 11.1. The number of non-ortho nitro benzene ring substituents is 1. The third kappa shape index (κ3) is 3.73. The predicted molar refractivity (Wildman–Crippen MR) is 89.1 cm³/mol. The molecule has 1 aromatic carbocycles. The van der Waals surface area contributed by atoms with Gasteiger partial charge >= 0.3 is 0 Å². The predicted octanol–water partition coefficient (Wildman–Crippen LogP) is 2.69. The number of nitrogens with zero attached hydrogens (tertiary/aromatic N) is 2. The van der Waals surface area contributed by atoms with E-state index in [-0.39, 0.29) is 16.5 Å². The minimum Gasteiger partial charge on any atom is -0.363 e. The van der Waals surface area contributed by atoms with Gasteiger partial charge in [0, 0.05) is 49.9 Å². The molecule has 0 aliphatic carbocycles. The summed E-state index contributed by atoms with van der Waals surface area (Å²) in [6, 6.07) is 6.14. The number of ether oxygens (including phenoxy) is 1. The normalized spacial score (nSPS) is 20.3. The lowest BCUT2D eigenvalue weighted by molar-refractivity contribution is -0.384. The second kappa shape index (κ2) is 6.72. The third-order valence-electron chi connectivity index (χ3n) is 4.17. The van der Waals surface area contributed by atoms with E-state index in [2.05, 4.69) is 0 Å². The van der Waals surface area contributed by atoms with Crippen molar-refractivity contribution < 1.29 is 14.5 Å². The lowest BCUT2D eigenvalue weighted by Crippen LogP contribution is -2.44. The summed E-state index contributed by atoms with van der Waals surface area (Å²) in [5.41, 5.74) is 0.816. The molecule has 7 heteroatoms. The van der Waals surface area contributed by atoms with Crippen molar-refractivity contribution in [2.24, 2.45) is 0 Å². The minimum absolute atomic E-state index is 0.0267. The first-order valence-corrected chi connectivity index (χ1v) is 8.56. The number of nitro benzene ring substituents is 1. The van der Waals surface area contributed by atoms with Crippen LogP contribution in [0.4, 0.5) is 5.69 Å². The van der Waals surface area contributed by atoms with Gasteiger partial charge in [-0.25, -0.2) is 0 Å². The number of rotatable bonds is 3. The van der Waals surface area contributed by atoms with Crippen LogP contribution >= 0.6 is 11.8 Å². The average molecular weight is 334 g/mol. The minimum atomic E-state index is -0.439. The lowest BCUT2D eigenvalue weighted by atomic mass is 10.1. The maximum Gasteiger partial charge on any atom is 0.269 e. The molecule has 1 spiro atoms. The van der Waals surface area contributed by atoms with Crippen molar-refractivity contribution in [1.29, 1.82) is 0 Å². The molecule has 6 nitrogen and oxygen atoms in total. The van der Waals surface area contributed by atoms with Crippen LogP contribution < -0.4 is 0 Å². The molecule has 0 atom stereocenters. The first kappa shape index (κ1) is 16.0. The molecular formula is C16H18N2O4S. The molecule has 23 heavy (non-hydrogen) atoms. The number of carbonyl (C=O) groups is 1. The summed E-state index contributed by atoms with van der Waals surface area (Å²) in [7, 11) is 0. The highest BCUT2D eigenvalue weighted by atomic mass is 32.2. The van der Waals surface area contributed by atoms with Gasteiger partial charge in [0.2, 0.25) is 5.91 Å². The molecule has 0 saturated carbocycles. The van der Waals surface area contributed by atoms with Crippen molar-refractivity contribution in [3.63, 3.8) is 0 Å². The molecule has 2 aliphatic rings. The molecule has 1 aromatic rings. The molecule has 0 unspecified atom stereocenters. The molecule has 0 N–H and O–H groups in total. The molecule has 1 amide bonds. The van der Waals surface area contributed by atoms with Gasteiger partial charge in [-0.05, 0) is 23.8 Å². The second-order valence-corrected chi connectivity index (χ2v) is 7.06. The van der Waals surface area contributed by atoms with Crippen LogP contribution in [0.5, 0.6) is 0 Å². The highest BCUT2D eigenvalue weighted by Crippen LogP contribution is 2.41. The van der Waals surface area contributed by atoms with E-state index < -0.39 is 4.92 Å². The zero-order chi connectivity index (χ0) is 16.3. The number of hydrogen-bond acceptors (Lipinski definition) is 5. The largest absolute Gasteiger partial charge is 0.363 e. The van der Waals surface area contributed by atoms with Gasteiger partial charge in [0.1, 0.15) is 4.93 Å². The Kier molecular flexibility index (Phi) is 4.68. The summed E-state index contributed by atoms with van der Waals surface area (Å²) in [4.78, 5) is 24.2.